The molecule has 0 aromatic carbocycles. The van der Waals surface area contributed by atoms with E-state index in [0.717, 1.165) is 0 Å². The van der Waals surface area contributed by atoms with Crippen molar-refractivity contribution in [2.45, 2.75) is 6.42 Å². The summed E-state index contributed by atoms with van der Waals surface area (Å²) in [7, 11) is 0. The Balaban J connectivity index is 3.71. The van der Waals surface area contributed by atoms with Crippen LogP contribution in [-0.2, 0) is 19.1 Å². The first-order valence-electron chi connectivity index (χ1n) is 2.51. The van der Waals surface area contributed by atoms with E-state index in [2.05, 4.69) is 22.3 Å². The summed E-state index contributed by atoms with van der Waals surface area (Å²) in [6.07, 6.45) is 11.8. The Morgan fingerprint density at radius 1 is 1.09 bits per heavy atom. The van der Waals surface area contributed by atoms with E-state index in [1.807, 2.05) is 0 Å². The van der Waals surface area contributed by atoms with Crippen LogP contribution >= 0.6 is 0 Å². The predicted molar refractivity (Wildman–Crippen MR) is 34.5 cm³/mol. The number of terminal acetylenes is 2. The average Bonchev–Trinajstić information content (AvgIpc) is 1.87. The molecule has 0 spiro atoms. The summed E-state index contributed by atoms with van der Waals surface area (Å²) in [4.78, 5) is 20.8. The smallest absolute Gasteiger partial charge is 0.331 e. The van der Waals surface area contributed by atoms with Crippen molar-refractivity contribution in [3.05, 3.63) is 0 Å². The van der Waals surface area contributed by atoms with Gasteiger partial charge in [0.2, 0.25) is 0 Å². The van der Waals surface area contributed by atoms with Crippen molar-refractivity contribution in [2.75, 3.05) is 0 Å². The molecular weight excluding hydrogens is 148 g/mol. The monoisotopic (exact) mass is 152 g/mol. The Bertz CT molecular complexity index is 214. The van der Waals surface area contributed by atoms with Crippen LogP contribution in [0.15, 0.2) is 0 Å². The van der Waals surface area contributed by atoms with E-state index in [1.165, 1.54) is 0 Å². The second kappa shape index (κ2) is 4.89. The van der Waals surface area contributed by atoms with E-state index in [0.29, 0.717) is 0 Å². The van der Waals surface area contributed by atoms with Crippen molar-refractivity contribution in [1.82, 2.24) is 0 Å². The van der Waals surface area contributed by atoms with Gasteiger partial charge in [-0.05, 0) is 0 Å². The lowest BCUT2D eigenvalue weighted by Gasteiger charge is -1.92. The molecule has 0 N–H and O–H groups in total. The molecule has 0 aromatic heterocycles. The lowest BCUT2D eigenvalue weighted by molar-refractivity contribution is -0.146. The van der Waals surface area contributed by atoms with Gasteiger partial charge < -0.3 is 9.47 Å². The highest BCUT2D eigenvalue weighted by Gasteiger charge is 2.10. The molecule has 0 saturated carbocycles. The first-order chi connectivity index (χ1) is 5.20. The second-order valence-electron chi connectivity index (χ2n) is 1.36. The molecule has 0 amide bonds. The number of hydrogen-bond acceptors (Lipinski definition) is 4. The summed E-state index contributed by atoms with van der Waals surface area (Å²) in [5, 5.41) is 0. The third-order valence-corrected chi connectivity index (χ3v) is 0.634. The fraction of sp³-hybridized carbons (Fsp3) is 0.143. The summed E-state index contributed by atoms with van der Waals surface area (Å²) in [5.41, 5.74) is 0. The van der Waals surface area contributed by atoms with Crippen LogP contribution in [0.25, 0.3) is 0 Å². The molecule has 0 aliphatic heterocycles. The molecule has 0 aliphatic carbocycles. The standard InChI is InChI=1S/C7H4O4/c1-3-10-6(8)5-7(9)11-4-2/h1-2H,5H2. The van der Waals surface area contributed by atoms with Gasteiger partial charge in [0.1, 0.15) is 18.6 Å². The lowest BCUT2D eigenvalue weighted by Crippen LogP contribution is -2.09. The van der Waals surface area contributed by atoms with Crippen LogP contribution in [0.2, 0.25) is 0 Å². The SMILES string of the molecule is C#COC(=O)CC(=O)OC#C. The molecule has 4 nitrogen and oxygen atoms in total. The first-order valence-corrected chi connectivity index (χ1v) is 2.51. The van der Waals surface area contributed by atoms with Crippen LogP contribution in [0.4, 0.5) is 0 Å². The highest BCUT2D eigenvalue weighted by molar-refractivity contribution is 5.91. The number of rotatable bonds is 2. The third-order valence-electron chi connectivity index (χ3n) is 0.634. The minimum Gasteiger partial charge on any atom is -0.372 e. The molecule has 0 unspecified atom stereocenters. The zero-order valence-electron chi connectivity index (χ0n) is 5.49. The van der Waals surface area contributed by atoms with E-state index >= 15 is 0 Å². The summed E-state index contributed by atoms with van der Waals surface area (Å²) in [5.74, 6) is -1.74. The third kappa shape index (κ3) is 4.56. The van der Waals surface area contributed by atoms with Crippen molar-refractivity contribution >= 4 is 11.9 Å². The minimum absolute atomic E-state index is 0.575. The normalized spacial score (nSPS) is 7.09. The zero-order chi connectivity index (χ0) is 8.69. The summed E-state index contributed by atoms with van der Waals surface area (Å²) in [6, 6.07) is 0. The number of carbonyl (C=O) groups is 2. The molecule has 0 aliphatic rings. The van der Waals surface area contributed by atoms with E-state index < -0.39 is 18.4 Å². The second-order valence-corrected chi connectivity index (χ2v) is 1.36. The number of esters is 2. The molecule has 0 saturated heterocycles. The van der Waals surface area contributed by atoms with Gasteiger partial charge in [0.15, 0.2) is 0 Å². The van der Waals surface area contributed by atoms with Crippen LogP contribution in [0, 0.1) is 25.1 Å². The largest absolute Gasteiger partial charge is 0.372 e. The number of carbonyl (C=O) groups excluding carboxylic acids is 2. The Morgan fingerprint density at radius 2 is 1.45 bits per heavy atom. The highest BCUT2D eigenvalue weighted by Crippen LogP contribution is 1.88. The lowest BCUT2D eigenvalue weighted by atomic mass is 10.4. The van der Waals surface area contributed by atoms with E-state index in [9.17, 15) is 9.59 Å². The summed E-state index contributed by atoms with van der Waals surface area (Å²) < 4.78 is 7.96. The summed E-state index contributed by atoms with van der Waals surface area (Å²) in [6.45, 7) is 0. The Hall–Kier alpha value is -1.94. The van der Waals surface area contributed by atoms with Crippen molar-refractivity contribution in [3.63, 3.8) is 0 Å². The van der Waals surface area contributed by atoms with Gasteiger partial charge >= 0.3 is 11.9 Å². The number of ether oxygens (including phenoxy) is 2. The molecule has 0 rings (SSSR count). The highest BCUT2D eigenvalue weighted by atomic mass is 16.5. The van der Waals surface area contributed by atoms with Crippen molar-refractivity contribution in [2.24, 2.45) is 0 Å². The fourth-order valence-corrected chi connectivity index (χ4v) is 0.321. The van der Waals surface area contributed by atoms with Gasteiger partial charge in [-0.25, -0.2) is 0 Å². The van der Waals surface area contributed by atoms with Gasteiger partial charge in [0.05, 0.1) is 0 Å². The Morgan fingerprint density at radius 3 is 1.73 bits per heavy atom. The molecule has 11 heavy (non-hydrogen) atoms. The average molecular weight is 152 g/mol. The summed E-state index contributed by atoms with van der Waals surface area (Å²) >= 11 is 0. The molecule has 0 radical (unpaired) electrons. The fourth-order valence-electron chi connectivity index (χ4n) is 0.321. The van der Waals surface area contributed by atoms with E-state index in [1.54, 1.807) is 12.2 Å². The van der Waals surface area contributed by atoms with Crippen molar-refractivity contribution in [1.29, 1.82) is 0 Å². The van der Waals surface area contributed by atoms with Crippen LogP contribution < -0.4 is 0 Å². The van der Waals surface area contributed by atoms with Crippen molar-refractivity contribution in [3.8, 4) is 25.1 Å². The van der Waals surface area contributed by atoms with Crippen LogP contribution in [0.3, 0.4) is 0 Å². The van der Waals surface area contributed by atoms with Gasteiger partial charge in [-0.2, -0.15) is 0 Å². The number of hydrogen-bond donors (Lipinski definition) is 0. The van der Waals surface area contributed by atoms with Gasteiger partial charge in [0, 0.05) is 0 Å². The van der Waals surface area contributed by atoms with Crippen LogP contribution in [0.1, 0.15) is 6.42 Å². The Labute approximate surface area is 63.5 Å². The first kappa shape index (κ1) is 9.06. The van der Waals surface area contributed by atoms with Gasteiger partial charge in [-0.3, -0.25) is 9.59 Å². The maximum atomic E-state index is 10.4. The molecule has 0 aromatic rings. The predicted octanol–water partition coefficient (Wildman–Crippen LogP) is -0.356. The molecule has 4 heteroatoms. The topological polar surface area (TPSA) is 52.6 Å². The van der Waals surface area contributed by atoms with Gasteiger partial charge in [-0.15, -0.1) is 0 Å². The molecular formula is C7H4O4. The van der Waals surface area contributed by atoms with Crippen LogP contribution in [-0.4, -0.2) is 11.9 Å². The molecule has 0 bridgehead atoms. The molecule has 0 heterocycles. The van der Waals surface area contributed by atoms with E-state index in [-0.39, 0.29) is 0 Å². The van der Waals surface area contributed by atoms with Gasteiger partial charge in [0.25, 0.3) is 0 Å². The van der Waals surface area contributed by atoms with Gasteiger partial charge in [-0.1, -0.05) is 12.8 Å². The zero-order valence-corrected chi connectivity index (χ0v) is 5.49. The molecule has 0 atom stereocenters. The minimum atomic E-state index is -0.868. The molecule has 56 valence electrons. The molecule has 0 fully saturated rings. The maximum Gasteiger partial charge on any atom is 0.331 e. The van der Waals surface area contributed by atoms with Crippen molar-refractivity contribution < 1.29 is 19.1 Å². The van der Waals surface area contributed by atoms with Crippen LogP contribution in [0.5, 0.6) is 0 Å². The maximum absolute atomic E-state index is 10.4. The Kier molecular flexibility index (Phi) is 4.03. The van der Waals surface area contributed by atoms with E-state index in [4.69, 9.17) is 0 Å². The quantitative estimate of drug-likeness (QED) is 0.308.